The lowest BCUT2D eigenvalue weighted by Crippen LogP contribution is -2.44. The van der Waals surface area contributed by atoms with Gasteiger partial charge in [-0.25, -0.2) is 17.1 Å². The third-order valence-corrected chi connectivity index (χ3v) is 8.23. The lowest BCUT2D eigenvalue weighted by Gasteiger charge is -2.27. The van der Waals surface area contributed by atoms with Gasteiger partial charge in [-0.2, -0.15) is 12.7 Å². The maximum absolute atomic E-state index is 14.3. The molecule has 3 aromatic rings. The first-order valence-corrected chi connectivity index (χ1v) is 13.3. The Morgan fingerprint density at radius 3 is 2.11 bits per heavy atom. The Kier molecular flexibility index (Phi) is 8.00. The maximum atomic E-state index is 14.3. The van der Waals surface area contributed by atoms with E-state index in [1.54, 1.807) is 18.2 Å². The van der Waals surface area contributed by atoms with E-state index in [4.69, 9.17) is 11.6 Å². The summed E-state index contributed by atoms with van der Waals surface area (Å²) in [5.41, 5.74) is 0.132. The average molecular weight is 541 g/mol. The van der Waals surface area contributed by atoms with Gasteiger partial charge in [0.25, 0.3) is 10.0 Å². The zero-order valence-electron chi connectivity index (χ0n) is 18.6. The molecule has 0 aliphatic heterocycles. The highest BCUT2D eigenvalue weighted by Gasteiger charge is 2.29. The van der Waals surface area contributed by atoms with Crippen molar-refractivity contribution in [1.82, 2.24) is 4.31 Å². The molecule has 2 N–H and O–H groups in total. The van der Waals surface area contributed by atoms with Crippen molar-refractivity contribution in [2.75, 3.05) is 35.0 Å². The fraction of sp³-hybridized carbons (Fsp3) is 0.136. The first-order chi connectivity index (χ1) is 16.4. The Balaban J connectivity index is 1.77. The smallest absolute Gasteiger partial charge is 0.304 e. The van der Waals surface area contributed by atoms with Gasteiger partial charge in [-0.15, -0.1) is 0 Å². The summed E-state index contributed by atoms with van der Waals surface area (Å²) in [7, 11) is -5.62. The molecule has 13 heteroatoms. The van der Waals surface area contributed by atoms with Crippen LogP contribution in [0.1, 0.15) is 0 Å². The molecule has 35 heavy (non-hydrogen) atoms. The molecule has 0 atom stereocenters. The zero-order chi connectivity index (χ0) is 25.8. The monoisotopic (exact) mass is 540 g/mol. The second kappa shape index (κ2) is 10.6. The van der Waals surface area contributed by atoms with Crippen LogP contribution in [0.15, 0.2) is 77.7 Å². The molecule has 0 radical (unpaired) electrons. The fourth-order valence-corrected chi connectivity index (χ4v) is 5.33. The van der Waals surface area contributed by atoms with Crippen molar-refractivity contribution >= 4 is 54.8 Å². The van der Waals surface area contributed by atoms with E-state index in [0.717, 1.165) is 10.4 Å². The van der Waals surface area contributed by atoms with Crippen LogP contribution in [0.25, 0.3) is 0 Å². The number of rotatable bonds is 9. The van der Waals surface area contributed by atoms with E-state index in [0.29, 0.717) is 4.31 Å². The molecular weight excluding hydrogens is 519 g/mol. The number of anilines is 3. The summed E-state index contributed by atoms with van der Waals surface area (Å²) in [6.45, 7) is -0.713. The Labute approximate surface area is 208 Å². The highest BCUT2D eigenvalue weighted by atomic mass is 35.5. The molecule has 0 fully saturated rings. The molecule has 0 bridgehead atoms. The van der Waals surface area contributed by atoms with Crippen molar-refractivity contribution < 1.29 is 26.0 Å². The number of halogens is 2. The number of sulfonamides is 1. The van der Waals surface area contributed by atoms with Crippen LogP contribution in [0.2, 0.25) is 5.02 Å². The van der Waals surface area contributed by atoms with E-state index in [1.807, 2.05) is 0 Å². The van der Waals surface area contributed by atoms with Crippen LogP contribution >= 0.6 is 11.6 Å². The Morgan fingerprint density at radius 2 is 1.51 bits per heavy atom. The van der Waals surface area contributed by atoms with Gasteiger partial charge in [0.2, 0.25) is 5.91 Å². The highest BCUT2D eigenvalue weighted by Crippen LogP contribution is 2.25. The predicted octanol–water partition coefficient (Wildman–Crippen LogP) is 3.53. The molecule has 0 saturated carbocycles. The lowest BCUT2D eigenvalue weighted by atomic mass is 10.3. The molecule has 0 saturated heterocycles. The number of benzene rings is 3. The number of carbonyl (C=O) groups is 1. The molecule has 9 nitrogen and oxygen atoms in total. The number of nitrogens with one attached hydrogen (secondary N) is 2. The predicted molar refractivity (Wildman–Crippen MR) is 134 cm³/mol. The molecule has 186 valence electrons. The van der Waals surface area contributed by atoms with Gasteiger partial charge in [-0.05, 0) is 48.5 Å². The van der Waals surface area contributed by atoms with Crippen molar-refractivity contribution in [1.29, 1.82) is 0 Å². The average Bonchev–Trinajstić information content (AvgIpc) is 2.79. The summed E-state index contributed by atoms with van der Waals surface area (Å²) in [6, 6.07) is 16.7. The van der Waals surface area contributed by atoms with E-state index in [-0.39, 0.29) is 27.0 Å². The Hall–Kier alpha value is -3.19. The number of hydrogen-bond donors (Lipinski definition) is 2. The van der Waals surface area contributed by atoms with Crippen molar-refractivity contribution in [2.45, 2.75) is 4.90 Å². The van der Waals surface area contributed by atoms with Gasteiger partial charge in [0.05, 0.1) is 21.3 Å². The molecule has 1 amide bonds. The number of carbonyl (C=O) groups excluding carboxylic acids is 1. The first-order valence-electron chi connectivity index (χ1n) is 10.0. The fourth-order valence-electron chi connectivity index (χ4n) is 2.94. The van der Waals surface area contributed by atoms with Gasteiger partial charge in [-0.1, -0.05) is 35.9 Å². The molecule has 0 heterocycles. The van der Waals surface area contributed by atoms with Gasteiger partial charge < -0.3 is 5.32 Å². The van der Waals surface area contributed by atoms with Crippen LogP contribution < -0.4 is 14.3 Å². The van der Waals surface area contributed by atoms with Crippen molar-refractivity contribution in [2.24, 2.45) is 0 Å². The molecule has 0 aromatic heterocycles. The second-order valence-corrected chi connectivity index (χ2v) is 11.6. The molecular formula is C22H22ClFN4O5S2. The van der Waals surface area contributed by atoms with Crippen LogP contribution in [-0.4, -0.2) is 47.7 Å². The van der Waals surface area contributed by atoms with E-state index in [9.17, 15) is 26.0 Å². The van der Waals surface area contributed by atoms with Crippen molar-refractivity contribution in [3.63, 3.8) is 0 Å². The van der Waals surface area contributed by atoms with Crippen LogP contribution in [0, 0.1) is 5.82 Å². The summed E-state index contributed by atoms with van der Waals surface area (Å²) in [6.07, 6.45) is 0. The van der Waals surface area contributed by atoms with Gasteiger partial charge in [0, 0.05) is 19.8 Å². The van der Waals surface area contributed by atoms with E-state index >= 15 is 0 Å². The molecule has 3 aromatic carbocycles. The topological polar surface area (TPSA) is 116 Å². The lowest BCUT2D eigenvalue weighted by molar-refractivity contribution is -0.114. The quantitative estimate of drug-likeness (QED) is 0.431. The first kappa shape index (κ1) is 26.4. The summed E-state index contributed by atoms with van der Waals surface area (Å²) in [5, 5.41) is 2.72. The summed E-state index contributed by atoms with van der Waals surface area (Å²) >= 11 is 6.00. The van der Waals surface area contributed by atoms with Crippen LogP contribution in [0.5, 0.6) is 0 Å². The Morgan fingerprint density at radius 1 is 0.914 bits per heavy atom. The van der Waals surface area contributed by atoms with Crippen molar-refractivity contribution in [3.05, 3.63) is 83.6 Å². The minimum absolute atomic E-state index is 0.0846. The second-order valence-electron chi connectivity index (χ2n) is 7.41. The number of amides is 1. The minimum atomic E-state index is -4.19. The highest BCUT2D eigenvalue weighted by molar-refractivity contribution is 7.92. The zero-order valence-corrected chi connectivity index (χ0v) is 21.0. The van der Waals surface area contributed by atoms with Gasteiger partial charge >= 0.3 is 10.2 Å². The minimum Gasteiger partial charge on any atom is -0.325 e. The molecule has 0 spiro atoms. The standard InChI is InChI=1S/C22H22ClFN4O5S2/c1-27(2)35(32,33)28(21-10-6-4-8-19(21)24)15-22(29)25-16-11-13-17(14-12-16)34(30,31)26-20-9-5-3-7-18(20)23/h3-14,26H,15H2,1-2H3,(H,25,29). The van der Waals surface area contributed by atoms with Gasteiger partial charge in [-0.3, -0.25) is 9.52 Å². The van der Waals surface area contributed by atoms with E-state index in [1.165, 1.54) is 62.6 Å². The summed E-state index contributed by atoms with van der Waals surface area (Å²) in [4.78, 5) is 12.5. The van der Waals surface area contributed by atoms with Gasteiger partial charge in [0.1, 0.15) is 12.4 Å². The van der Waals surface area contributed by atoms with E-state index in [2.05, 4.69) is 10.0 Å². The largest absolute Gasteiger partial charge is 0.325 e. The SMILES string of the molecule is CN(C)S(=O)(=O)N(CC(=O)Nc1ccc(S(=O)(=O)Nc2ccccc2Cl)cc1)c1ccccc1F. The molecule has 0 aliphatic rings. The molecule has 0 aliphatic carbocycles. The number of para-hydroxylation sites is 2. The third kappa shape index (κ3) is 6.28. The van der Waals surface area contributed by atoms with Crippen LogP contribution in [0.4, 0.5) is 21.5 Å². The number of hydrogen-bond acceptors (Lipinski definition) is 5. The van der Waals surface area contributed by atoms with Gasteiger partial charge in [0.15, 0.2) is 0 Å². The Bertz CT molecular complexity index is 1430. The molecule has 0 unspecified atom stereocenters. The third-order valence-electron chi connectivity index (χ3n) is 4.71. The van der Waals surface area contributed by atoms with Crippen LogP contribution in [0.3, 0.4) is 0 Å². The van der Waals surface area contributed by atoms with Crippen molar-refractivity contribution in [3.8, 4) is 0 Å². The molecule has 3 rings (SSSR count). The number of nitrogens with zero attached hydrogens (tertiary/aromatic N) is 2. The summed E-state index contributed by atoms with van der Waals surface area (Å²) < 4.78 is 68.9. The normalized spacial score (nSPS) is 11.8. The summed E-state index contributed by atoms with van der Waals surface area (Å²) in [5.74, 6) is -1.57. The van der Waals surface area contributed by atoms with E-state index < -0.39 is 38.5 Å². The van der Waals surface area contributed by atoms with Crippen LogP contribution in [-0.2, 0) is 25.0 Å². The maximum Gasteiger partial charge on any atom is 0.304 e.